The Labute approximate surface area is 99.6 Å². The van der Waals surface area contributed by atoms with Gasteiger partial charge in [-0.15, -0.1) is 11.3 Å². The molecule has 0 fully saturated rings. The van der Waals surface area contributed by atoms with Crippen LogP contribution in [-0.4, -0.2) is 9.97 Å². The molecule has 0 saturated heterocycles. The molecule has 0 radical (unpaired) electrons. The Bertz CT molecular complexity index is 437. The molecule has 0 saturated carbocycles. The molecule has 16 heavy (non-hydrogen) atoms. The highest BCUT2D eigenvalue weighted by atomic mass is 32.1. The van der Waals surface area contributed by atoms with Crippen molar-refractivity contribution in [2.24, 2.45) is 0 Å². The molecule has 0 atom stereocenters. The van der Waals surface area contributed by atoms with Crippen LogP contribution < -0.4 is 5.32 Å². The van der Waals surface area contributed by atoms with E-state index in [1.807, 2.05) is 24.5 Å². The largest absolute Gasteiger partial charge is 0.379 e. The van der Waals surface area contributed by atoms with Gasteiger partial charge in [0.05, 0.1) is 17.2 Å². The van der Waals surface area contributed by atoms with Crippen molar-refractivity contribution in [1.82, 2.24) is 9.97 Å². The summed E-state index contributed by atoms with van der Waals surface area (Å²) in [5.41, 5.74) is 1.04. The quantitative estimate of drug-likeness (QED) is 0.880. The maximum absolute atomic E-state index is 4.39. The molecular weight excluding hydrogens is 218 g/mol. The van der Waals surface area contributed by atoms with E-state index in [9.17, 15) is 0 Å². The van der Waals surface area contributed by atoms with E-state index in [1.165, 1.54) is 9.88 Å². The van der Waals surface area contributed by atoms with Crippen LogP contribution in [0, 0.1) is 0 Å². The normalized spacial score (nSPS) is 10.7. The van der Waals surface area contributed by atoms with Gasteiger partial charge in [0.1, 0.15) is 0 Å². The Hall–Kier alpha value is -1.42. The second-order valence-electron chi connectivity index (χ2n) is 3.91. The van der Waals surface area contributed by atoms with E-state index in [0.717, 1.165) is 12.2 Å². The maximum Gasteiger partial charge on any atom is 0.0953 e. The van der Waals surface area contributed by atoms with E-state index in [0.29, 0.717) is 5.92 Å². The van der Waals surface area contributed by atoms with Crippen molar-refractivity contribution in [3.05, 3.63) is 40.6 Å². The molecule has 0 aliphatic rings. The van der Waals surface area contributed by atoms with E-state index in [-0.39, 0.29) is 0 Å². The zero-order chi connectivity index (χ0) is 11.4. The van der Waals surface area contributed by atoms with Gasteiger partial charge in [0.25, 0.3) is 0 Å². The van der Waals surface area contributed by atoms with Crippen molar-refractivity contribution >= 4 is 17.0 Å². The third kappa shape index (κ3) is 2.79. The van der Waals surface area contributed by atoms with Gasteiger partial charge in [-0.25, -0.2) is 4.98 Å². The van der Waals surface area contributed by atoms with Crippen LogP contribution in [0.3, 0.4) is 0 Å². The Morgan fingerprint density at radius 1 is 1.38 bits per heavy atom. The van der Waals surface area contributed by atoms with Crippen molar-refractivity contribution < 1.29 is 0 Å². The molecule has 3 nitrogen and oxygen atoms in total. The minimum absolute atomic E-state index is 0.511. The van der Waals surface area contributed by atoms with E-state index in [4.69, 9.17) is 0 Å². The standard InChI is InChI=1S/C12H15N3S/c1-9(2)12-15-8-11(16-12)7-14-10-4-3-5-13-6-10/h3-6,8-9,14H,7H2,1-2H3. The minimum atomic E-state index is 0.511. The lowest BCUT2D eigenvalue weighted by Gasteiger charge is -2.02. The van der Waals surface area contributed by atoms with Crippen LogP contribution in [0.5, 0.6) is 0 Å². The predicted octanol–water partition coefficient (Wildman–Crippen LogP) is 3.27. The number of nitrogens with zero attached hydrogens (tertiary/aromatic N) is 2. The van der Waals surface area contributed by atoms with Gasteiger partial charge >= 0.3 is 0 Å². The molecule has 1 N–H and O–H groups in total. The summed E-state index contributed by atoms with van der Waals surface area (Å²) in [5.74, 6) is 0.511. The van der Waals surface area contributed by atoms with Crippen molar-refractivity contribution in [3.63, 3.8) is 0 Å². The van der Waals surface area contributed by atoms with Gasteiger partial charge < -0.3 is 5.32 Å². The highest BCUT2D eigenvalue weighted by Crippen LogP contribution is 2.21. The molecular formula is C12H15N3S. The van der Waals surface area contributed by atoms with Gasteiger partial charge in [-0.05, 0) is 12.1 Å². The topological polar surface area (TPSA) is 37.8 Å². The summed E-state index contributed by atoms with van der Waals surface area (Å²) in [5, 5.41) is 4.52. The summed E-state index contributed by atoms with van der Waals surface area (Å²) >= 11 is 1.77. The van der Waals surface area contributed by atoms with Gasteiger partial charge in [0.2, 0.25) is 0 Å². The summed E-state index contributed by atoms with van der Waals surface area (Å²) in [6.45, 7) is 5.14. The highest BCUT2D eigenvalue weighted by Gasteiger charge is 2.05. The lowest BCUT2D eigenvalue weighted by molar-refractivity contribution is 0.852. The number of anilines is 1. The first-order chi connectivity index (χ1) is 7.75. The van der Waals surface area contributed by atoms with Crippen molar-refractivity contribution in [3.8, 4) is 0 Å². The summed E-state index contributed by atoms with van der Waals surface area (Å²) in [6.07, 6.45) is 5.54. The van der Waals surface area contributed by atoms with Crippen LogP contribution in [0.25, 0.3) is 0 Å². The van der Waals surface area contributed by atoms with Crippen LogP contribution in [-0.2, 0) is 6.54 Å². The number of hydrogen-bond acceptors (Lipinski definition) is 4. The lowest BCUT2D eigenvalue weighted by Crippen LogP contribution is -1.97. The van der Waals surface area contributed by atoms with Crippen LogP contribution in [0.15, 0.2) is 30.7 Å². The fourth-order valence-electron chi connectivity index (χ4n) is 1.33. The van der Waals surface area contributed by atoms with Crippen molar-refractivity contribution in [2.45, 2.75) is 26.3 Å². The number of thiazole rings is 1. The molecule has 2 rings (SSSR count). The second-order valence-corrected chi connectivity index (χ2v) is 5.06. The van der Waals surface area contributed by atoms with E-state index in [1.54, 1.807) is 17.5 Å². The Balaban J connectivity index is 1.95. The van der Waals surface area contributed by atoms with E-state index in [2.05, 4.69) is 29.1 Å². The van der Waals surface area contributed by atoms with Gasteiger partial charge in [0.15, 0.2) is 0 Å². The molecule has 0 aliphatic heterocycles. The van der Waals surface area contributed by atoms with E-state index < -0.39 is 0 Å². The summed E-state index contributed by atoms with van der Waals surface area (Å²) in [7, 11) is 0. The minimum Gasteiger partial charge on any atom is -0.379 e. The first-order valence-electron chi connectivity index (χ1n) is 5.34. The fourth-order valence-corrected chi connectivity index (χ4v) is 2.19. The summed E-state index contributed by atoms with van der Waals surface area (Å²) < 4.78 is 0. The maximum atomic E-state index is 4.39. The Kier molecular flexibility index (Phi) is 3.51. The predicted molar refractivity (Wildman–Crippen MR) is 67.8 cm³/mol. The molecule has 4 heteroatoms. The lowest BCUT2D eigenvalue weighted by atomic mass is 10.2. The third-order valence-electron chi connectivity index (χ3n) is 2.19. The molecule has 0 amide bonds. The van der Waals surface area contributed by atoms with E-state index >= 15 is 0 Å². The molecule has 0 aromatic carbocycles. The monoisotopic (exact) mass is 233 g/mol. The van der Waals surface area contributed by atoms with Crippen molar-refractivity contribution in [2.75, 3.05) is 5.32 Å². The number of rotatable bonds is 4. The zero-order valence-electron chi connectivity index (χ0n) is 9.47. The first-order valence-corrected chi connectivity index (χ1v) is 6.16. The molecule has 2 aromatic rings. The third-order valence-corrected chi connectivity index (χ3v) is 3.49. The Morgan fingerprint density at radius 2 is 2.25 bits per heavy atom. The van der Waals surface area contributed by atoms with Crippen LogP contribution >= 0.6 is 11.3 Å². The summed E-state index contributed by atoms with van der Waals surface area (Å²) in [4.78, 5) is 9.70. The molecule has 0 bridgehead atoms. The molecule has 84 valence electrons. The first kappa shape index (κ1) is 11.1. The SMILES string of the molecule is CC(C)c1ncc(CNc2cccnc2)s1. The highest BCUT2D eigenvalue weighted by molar-refractivity contribution is 7.11. The van der Waals surface area contributed by atoms with Crippen LogP contribution in [0.4, 0.5) is 5.69 Å². The van der Waals surface area contributed by atoms with Gasteiger partial charge in [-0.1, -0.05) is 13.8 Å². The number of pyridine rings is 1. The molecule has 0 spiro atoms. The van der Waals surface area contributed by atoms with Gasteiger partial charge in [-0.2, -0.15) is 0 Å². The van der Waals surface area contributed by atoms with Crippen LogP contribution in [0.1, 0.15) is 29.7 Å². The smallest absolute Gasteiger partial charge is 0.0953 e. The average Bonchev–Trinajstić information content (AvgIpc) is 2.76. The van der Waals surface area contributed by atoms with Crippen LogP contribution in [0.2, 0.25) is 0 Å². The molecule has 0 aliphatic carbocycles. The van der Waals surface area contributed by atoms with Crippen molar-refractivity contribution in [1.29, 1.82) is 0 Å². The number of nitrogens with one attached hydrogen (secondary N) is 1. The number of hydrogen-bond donors (Lipinski definition) is 1. The van der Waals surface area contributed by atoms with Gasteiger partial charge in [0, 0.05) is 29.4 Å². The molecule has 2 heterocycles. The zero-order valence-corrected chi connectivity index (χ0v) is 10.3. The summed E-state index contributed by atoms with van der Waals surface area (Å²) in [6, 6.07) is 3.94. The fraction of sp³-hybridized carbons (Fsp3) is 0.333. The molecule has 0 unspecified atom stereocenters. The second kappa shape index (κ2) is 5.07. The number of aromatic nitrogens is 2. The Morgan fingerprint density at radius 3 is 2.88 bits per heavy atom. The average molecular weight is 233 g/mol. The van der Waals surface area contributed by atoms with Gasteiger partial charge in [-0.3, -0.25) is 4.98 Å². The molecule has 2 aromatic heterocycles.